The minimum atomic E-state index is -0.539. The molecule has 1 N–H and O–H groups in total. The van der Waals surface area contributed by atoms with Gasteiger partial charge in [-0.05, 0) is 25.0 Å². The Morgan fingerprint density at radius 1 is 1.26 bits per heavy atom. The first-order valence-electron chi connectivity index (χ1n) is 8.89. The zero-order chi connectivity index (χ0) is 19.6. The van der Waals surface area contributed by atoms with Crippen LogP contribution in [0.15, 0.2) is 52.2 Å². The number of nitrogens with zero attached hydrogens (tertiary/aromatic N) is 3. The van der Waals surface area contributed by atoms with Crippen molar-refractivity contribution < 1.29 is 4.79 Å². The van der Waals surface area contributed by atoms with Crippen molar-refractivity contribution in [3.8, 4) is 0 Å². The molecule has 0 saturated heterocycles. The summed E-state index contributed by atoms with van der Waals surface area (Å²) in [6, 6.07) is 11.1. The highest BCUT2D eigenvalue weighted by Gasteiger charge is 2.20. The summed E-state index contributed by atoms with van der Waals surface area (Å²) in [4.78, 5) is 45.3. The van der Waals surface area contributed by atoms with Crippen LogP contribution in [-0.4, -0.2) is 32.4 Å². The molecule has 0 radical (unpaired) electrons. The maximum Gasteiger partial charge on any atom is 0.329 e. The first-order valence-corrected chi connectivity index (χ1v) is 8.89. The topological polar surface area (TPSA) is 88.1 Å². The molecule has 0 aliphatic heterocycles. The van der Waals surface area contributed by atoms with E-state index in [-0.39, 0.29) is 17.3 Å². The molecule has 2 heterocycles. The van der Waals surface area contributed by atoms with Crippen molar-refractivity contribution in [2.75, 3.05) is 7.05 Å². The number of rotatable bonds is 5. The van der Waals surface area contributed by atoms with E-state index >= 15 is 0 Å². The summed E-state index contributed by atoms with van der Waals surface area (Å²) in [6.45, 7) is 4.31. The number of fused-ring (bicyclic) bond motifs is 1. The van der Waals surface area contributed by atoms with Gasteiger partial charge in [0.1, 0.15) is 5.65 Å². The lowest BCUT2D eigenvalue weighted by Crippen LogP contribution is -2.32. The normalized spacial score (nSPS) is 12.1. The molecular formula is C20H22N4O3. The van der Waals surface area contributed by atoms with Gasteiger partial charge in [0.05, 0.1) is 17.0 Å². The maximum absolute atomic E-state index is 12.9. The average Bonchev–Trinajstić information content (AvgIpc) is 2.69. The molecule has 1 unspecified atom stereocenters. The highest BCUT2D eigenvalue weighted by molar-refractivity contribution is 5.96. The number of carbonyl (C=O) groups is 1. The van der Waals surface area contributed by atoms with E-state index in [1.54, 1.807) is 11.9 Å². The molecule has 0 fully saturated rings. The van der Waals surface area contributed by atoms with E-state index in [4.69, 9.17) is 0 Å². The van der Waals surface area contributed by atoms with E-state index in [0.29, 0.717) is 17.8 Å². The van der Waals surface area contributed by atoms with Crippen LogP contribution in [0.25, 0.3) is 11.0 Å². The predicted molar refractivity (Wildman–Crippen MR) is 104 cm³/mol. The molecule has 3 aromatic rings. The molecule has 0 aliphatic carbocycles. The number of aromatic nitrogens is 3. The minimum absolute atomic E-state index is 0.137. The summed E-state index contributed by atoms with van der Waals surface area (Å²) < 4.78 is 1.42. The van der Waals surface area contributed by atoms with Gasteiger partial charge in [-0.2, -0.15) is 0 Å². The molecule has 3 rings (SSSR count). The van der Waals surface area contributed by atoms with Crippen molar-refractivity contribution in [2.24, 2.45) is 0 Å². The summed E-state index contributed by atoms with van der Waals surface area (Å²) in [5.41, 5.74) is 0.580. The fraction of sp³-hybridized carbons (Fsp3) is 0.300. The van der Waals surface area contributed by atoms with E-state index in [0.717, 1.165) is 12.0 Å². The standard InChI is InChI=1S/C20H22N4O3/c1-4-10-24-17-16(18(25)22-20(24)27)11-15(12-21-17)19(26)23(3)13(2)14-8-6-5-7-9-14/h5-9,11-13H,4,10H2,1-3H3,(H,22,25,27). The Hall–Kier alpha value is -3.22. The Bertz CT molecular complexity index is 1090. The van der Waals surface area contributed by atoms with Crippen molar-refractivity contribution in [3.05, 3.63) is 74.6 Å². The average molecular weight is 366 g/mol. The number of amides is 1. The van der Waals surface area contributed by atoms with Gasteiger partial charge in [0, 0.05) is 19.8 Å². The lowest BCUT2D eigenvalue weighted by atomic mass is 10.1. The zero-order valence-corrected chi connectivity index (χ0v) is 15.6. The van der Waals surface area contributed by atoms with Crippen LogP contribution in [0.4, 0.5) is 0 Å². The third-order valence-corrected chi connectivity index (χ3v) is 4.71. The number of benzene rings is 1. The van der Waals surface area contributed by atoms with Crippen molar-refractivity contribution in [3.63, 3.8) is 0 Å². The molecule has 1 atom stereocenters. The molecule has 27 heavy (non-hydrogen) atoms. The highest BCUT2D eigenvalue weighted by atomic mass is 16.2. The number of carbonyl (C=O) groups excluding carboxylic acids is 1. The lowest BCUT2D eigenvalue weighted by Gasteiger charge is -2.25. The van der Waals surface area contributed by atoms with Crippen LogP contribution in [0.2, 0.25) is 0 Å². The number of hydrogen-bond donors (Lipinski definition) is 1. The van der Waals surface area contributed by atoms with Gasteiger partial charge >= 0.3 is 5.69 Å². The van der Waals surface area contributed by atoms with Crippen molar-refractivity contribution >= 4 is 16.9 Å². The summed E-state index contributed by atoms with van der Waals surface area (Å²) in [6.07, 6.45) is 2.14. The van der Waals surface area contributed by atoms with Crippen LogP contribution in [0.3, 0.4) is 0 Å². The third kappa shape index (κ3) is 3.53. The summed E-state index contributed by atoms with van der Waals surface area (Å²) in [7, 11) is 1.71. The second-order valence-corrected chi connectivity index (χ2v) is 6.51. The SMILES string of the molecule is CCCn1c(=O)[nH]c(=O)c2cc(C(=O)N(C)C(C)c3ccccc3)cnc21. The molecule has 7 heteroatoms. The molecular weight excluding hydrogens is 344 g/mol. The molecule has 0 aliphatic rings. The Labute approximate surface area is 156 Å². The number of aromatic amines is 1. The molecule has 1 amide bonds. The zero-order valence-electron chi connectivity index (χ0n) is 15.6. The van der Waals surface area contributed by atoms with Gasteiger partial charge in [0.2, 0.25) is 0 Å². The second-order valence-electron chi connectivity index (χ2n) is 6.51. The van der Waals surface area contributed by atoms with Crippen LogP contribution in [-0.2, 0) is 6.54 Å². The van der Waals surface area contributed by atoms with E-state index < -0.39 is 11.2 Å². The fourth-order valence-electron chi connectivity index (χ4n) is 3.05. The molecule has 7 nitrogen and oxygen atoms in total. The van der Waals surface area contributed by atoms with Crippen LogP contribution in [0.5, 0.6) is 0 Å². The Balaban J connectivity index is 2.01. The molecule has 140 valence electrons. The van der Waals surface area contributed by atoms with Gasteiger partial charge in [-0.1, -0.05) is 37.3 Å². The lowest BCUT2D eigenvalue weighted by molar-refractivity contribution is 0.0742. The van der Waals surface area contributed by atoms with E-state index in [1.165, 1.54) is 16.8 Å². The number of pyridine rings is 1. The third-order valence-electron chi connectivity index (χ3n) is 4.71. The molecule has 0 spiro atoms. The van der Waals surface area contributed by atoms with Gasteiger partial charge in [-0.15, -0.1) is 0 Å². The number of hydrogen-bond acceptors (Lipinski definition) is 4. The van der Waals surface area contributed by atoms with Crippen LogP contribution in [0, 0.1) is 0 Å². The molecule has 1 aromatic carbocycles. The van der Waals surface area contributed by atoms with Crippen LogP contribution in [0.1, 0.15) is 42.2 Å². The number of aryl methyl sites for hydroxylation is 1. The van der Waals surface area contributed by atoms with E-state index in [9.17, 15) is 14.4 Å². The second kappa shape index (κ2) is 7.57. The van der Waals surface area contributed by atoms with Crippen molar-refractivity contribution in [1.82, 2.24) is 19.4 Å². The van der Waals surface area contributed by atoms with E-state index in [2.05, 4.69) is 9.97 Å². The largest absolute Gasteiger partial charge is 0.335 e. The number of H-pyrrole nitrogens is 1. The minimum Gasteiger partial charge on any atom is -0.335 e. The summed E-state index contributed by atoms with van der Waals surface area (Å²) in [5.74, 6) is -0.242. The molecule has 2 aromatic heterocycles. The molecule has 0 saturated carbocycles. The van der Waals surface area contributed by atoms with Gasteiger partial charge in [-0.3, -0.25) is 19.1 Å². The predicted octanol–water partition coefficient (Wildman–Crippen LogP) is 2.33. The first kappa shape index (κ1) is 18.6. The van der Waals surface area contributed by atoms with Gasteiger partial charge < -0.3 is 4.90 Å². The monoisotopic (exact) mass is 366 g/mol. The van der Waals surface area contributed by atoms with Gasteiger partial charge in [0.25, 0.3) is 11.5 Å². The summed E-state index contributed by atoms with van der Waals surface area (Å²) >= 11 is 0. The van der Waals surface area contributed by atoms with Crippen LogP contribution >= 0.6 is 0 Å². The van der Waals surface area contributed by atoms with Crippen molar-refractivity contribution in [2.45, 2.75) is 32.9 Å². The Morgan fingerprint density at radius 3 is 2.63 bits per heavy atom. The van der Waals surface area contributed by atoms with E-state index in [1.807, 2.05) is 44.2 Å². The summed E-state index contributed by atoms with van der Waals surface area (Å²) in [5, 5.41) is 0.231. The first-order chi connectivity index (χ1) is 12.9. The Kier molecular flexibility index (Phi) is 5.21. The highest BCUT2D eigenvalue weighted by Crippen LogP contribution is 2.21. The van der Waals surface area contributed by atoms with Crippen LogP contribution < -0.4 is 11.2 Å². The van der Waals surface area contributed by atoms with Gasteiger partial charge in [0.15, 0.2) is 0 Å². The quantitative estimate of drug-likeness (QED) is 0.751. The van der Waals surface area contributed by atoms with Crippen molar-refractivity contribution in [1.29, 1.82) is 0 Å². The number of nitrogens with one attached hydrogen (secondary N) is 1. The maximum atomic E-state index is 12.9. The Morgan fingerprint density at radius 2 is 1.96 bits per heavy atom. The molecule has 0 bridgehead atoms. The van der Waals surface area contributed by atoms with Gasteiger partial charge in [-0.25, -0.2) is 9.78 Å². The smallest absolute Gasteiger partial charge is 0.329 e. The fourth-order valence-corrected chi connectivity index (χ4v) is 3.05.